The molecule has 70 valence electrons. The summed E-state index contributed by atoms with van der Waals surface area (Å²) in [4.78, 5) is 0. The van der Waals surface area contributed by atoms with E-state index in [0.29, 0.717) is 27.4 Å². The van der Waals surface area contributed by atoms with Gasteiger partial charge in [-0.1, -0.05) is 47.5 Å². The summed E-state index contributed by atoms with van der Waals surface area (Å²) in [6.07, 6.45) is 1.62. The number of rotatable bonds is 3. The molecule has 0 spiro atoms. The predicted molar refractivity (Wildman–Crippen MR) is 57.2 cm³/mol. The summed E-state index contributed by atoms with van der Waals surface area (Å²) >= 11 is 17.3. The maximum Gasteiger partial charge on any atom is 0.139 e. The van der Waals surface area contributed by atoms with Gasteiger partial charge in [0.25, 0.3) is 0 Å². The first-order chi connectivity index (χ1) is 6.15. The summed E-state index contributed by atoms with van der Waals surface area (Å²) in [5.41, 5.74) is 0. The number of ether oxygens (including phenoxy) is 1. The molecule has 13 heavy (non-hydrogen) atoms. The molecule has 0 bridgehead atoms. The van der Waals surface area contributed by atoms with Gasteiger partial charge in [-0.15, -0.1) is 0 Å². The fraction of sp³-hybridized carbons (Fsp3) is 0.111. The summed E-state index contributed by atoms with van der Waals surface area (Å²) < 4.78 is 5.23. The van der Waals surface area contributed by atoms with Crippen molar-refractivity contribution in [2.24, 2.45) is 0 Å². The Kier molecular flexibility index (Phi) is 3.91. The second-order valence-electron chi connectivity index (χ2n) is 2.30. The zero-order valence-electron chi connectivity index (χ0n) is 6.69. The van der Waals surface area contributed by atoms with Crippen LogP contribution in [0, 0.1) is 0 Å². The van der Waals surface area contributed by atoms with Crippen molar-refractivity contribution in [3.63, 3.8) is 0 Å². The highest BCUT2D eigenvalue weighted by molar-refractivity contribution is 6.43. The molecule has 1 nitrogen and oxygen atoms in total. The minimum atomic E-state index is 0.387. The Morgan fingerprint density at radius 3 is 2.38 bits per heavy atom. The van der Waals surface area contributed by atoms with Gasteiger partial charge in [-0.25, -0.2) is 0 Å². The summed E-state index contributed by atoms with van der Waals surface area (Å²) in [6.45, 7) is 3.90. The summed E-state index contributed by atoms with van der Waals surface area (Å²) in [6, 6.07) is 3.12. The molecule has 1 aromatic carbocycles. The van der Waals surface area contributed by atoms with Crippen LogP contribution in [0.15, 0.2) is 24.8 Å². The topological polar surface area (TPSA) is 9.23 Å². The summed E-state index contributed by atoms with van der Waals surface area (Å²) in [7, 11) is 0. The van der Waals surface area contributed by atoms with E-state index in [9.17, 15) is 0 Å². The largest absolute Gasteiger partial charge is 0.488 e. The molecule has 0 N–H and O–H groups in total. The minimum Gasteiger partial charge on any atom is -0.488 e. The molecule has 0 heterocycles. The van der Waals surface area contributed by atoms with Crippen LogP contribution in [0.5, 0.6) is 5.75 Å². The van der Waals surface area contributed by atoms with Crippen LogP contribution < -0.4 is 4.74 Å². The van der Waals surface area contributed by atoms with E-state index in [0.717, 1.165) is 0 Å². The van der Waals surface area contributed by atoms with Crippen LogP contribution in [0.1, 0.15) is 0 Å². The van der Waals surface area contributed by atoms with Crippen molar-refractivity contribution in [3.05, 3.63) is 39.9 Å². The smallest absolute Gasteiger partial charge is 0.139 e. The standard InChI is InChI=1S/C9H7Cl3O/c1-2-3-13-9-5-7(11)6(10)4-8(9)12/h2,4-5H,1,3H2. The Labute approximate surface area is 91.9 Å². The van der Waals surface area contributed by atoms with E-state index in [1.807, 2.05) is 0 Å². The summed E-state index contributed by atoms with van der Waals surface area (Å²) in [5, 5.41) is 1.28. The Balaban J connectivity index is 2.94. The van der Waals surface area contributed by atoms with Gasteiger partial charge >= 0.3 is 0 Å². The highest BCUT2D eigenvalue weighted by Gasteiger charge is 2.05. The molecule has 0 unspecified atom stereocenters. The van der Waals surface area contributed by atoms with Crippen molar-refractivity contribution in [1.82, 2.24) is 0 Å². The van der Waals surface area contributed by atoms with Crippen LogP contribution in [0.4, 0.5) is 0 Å². The van der Waals surface area contributed by atoms with Crippen molar-refractivity contribution < 1.29 is 4.74 Å². The molecule has 0 saturated heterocycles. The van der Waals surface area contributed by atoms with Gasteiger partial charge in [0, 0.05) is 6.07 Å². The Bertz CT molecular complexity index is 323. The van der Waals surface area contributed by atoms with Crippen molar-refractivity contribution in [2.75, 3.05) is 6.61 Å². The van der Waals surface area contributed by atoms with Crippen molar-refractivity contribution >= 4 is 34.8 Å². The highest BCUT2D eigenvalue weighted by atomic mass is 35.5. The van der Waals surface area contributed by atoms with E-state index in [2.05, 4.69) is 6.58 Å². The van der Waals surface area contributed by atoms with Gasteiger partial charge in [0.1, 0.15) is 12.4 Å². The van der Waals surface area contributed by atoms with Crippen molar-refractivity contribution in [2.45, 2.75) is 0 Å². The van der Waals surface area contributed by atoms with Crippen LogP contribution in [-0.2, 0) is 0 Å². The van der Waals surface area contributed by atoms with E-state index in [-0.39, 0.29) is 0 Å². The zero-order valence-corrected chi connectivity index (χ0v) is 8.96. The van der Waals surface area contributed by atoms with Crippen molar-refractivity contribution in [3.8, 4) is 5.75 Å². The molecule has 0 saturated carbocycles. The number of halogens is 3. The number of hydrogen-bond acceptors (Lipinski definition) is 1. The monoisotopic (exact) mass is 236 g/mol. The van der Waals surface area contributed by atoms with Gasteiger partial charge in [-0.05, 0) is 6.07 Å². The molecule has 0 fully saturated rings. The minimum absolute atomic E-state index is 0.387. The first-order valence-electron chi connectivity index (χ1n) is 3.53. The lowest BCUT2D eigenvalue weighted by Crippen LogP contribution is -1.93. The zero-order chi connectivity index (χ0) is 9.84. The van der Waals surface area contributed by atoms with Crippen LogP contribution in [0.3, 0.4) is 0 Å². The van der Waals surface area contributed by atoms with E-state index in [1.54, 1.807) is 18.2 Å². The number of benzene rings is 1. The van der Waals surface area contributed by atoms with Gasteiger partial charge in [-0.3, -0.25) is 0 Å². The van der Waals surface area contributed by atoms with Gasteiger partial charge in [0.2, 0.25) is 0 Å². The lowest BCUT2D eigenvalue weighted by Gasteiger charge is -2.06. The maximum absolute atomic E-state index is 5.83. The Morgan fingerprint density at radius 2 is 1.77 bits per heavy atom. The van der Waals surface area contributed by atoms with E-state index in [4.69, 9.17) is 39.5 Å². The normalized spacial score (nSPS) is 9.77. The Hall–Kier alpha value is -0.370. The van der Waals surface area contributed by atoms with E-state index in [1.165, 1.54) is 0 Å². The van der Waals surface area contributed by atoms with E-state index < -0.39 is 0 Å². The van der Waals surface area contributed by atoms with Crippen molar-refractivity contribution in [1.29, 1.82) is 0 Å². The fourth-order valence-electron chi connectivity index (χ4n) is 0.764. The lowest BCUT2D eigenvalue weighted by molar-refractivity contribution is 0.363. The van der Waals surface area contributed by atoms with Gasteiger partial charge in [0.15, 0.2) is 0 Å². The fourth-order valence-corrected chi connectivity index (χ4v) is 1.36. The molecule has 0 radical (unpaired) electrons. The Morgan fingerprint density at radius 1 is 1.15 bits per heavy atom. The SMILES string of the molecule is C=CCOc1cc(Cl)c(Cl)cc1Cl. The third-order valence-corrected chi connectivity index (χ3v) is 2.35. The quantitative estimate of drug-likeness (QED) is 0.565. The predicted octanol–water partition coefficient (Wildman–Crippen LogP) is 4.21. The molecular formula is C9H7Cl3O. The molecule has 0 aromatic heterocycles. The van der Waals surface area contributed by atoms with Gasteiger partial charge in [-0.2, -0.15) is 0 Å². The molecule has 1 rings (SSSR count). The number of hydrogen-bond donors (Lipinski definition) is 0. The van der Waals surface area contributed by atoms with Gasteiger partial charge in [0.05, 0.1) is 15.1 Å². The molecule has 1 aromatic rings. The van der Waals surface area contributed by atoms with E-state index >= 15 is 0 Å². The molecule has 4 heteroatoms. The van der Waals surface area contributed by atoms with Crippen LogP contribution in [-0.4, -0.2) is 6.61 Å². The highest BCUT2D eigenvalue weighted by Crippen LogP contribution is 2.33. The molecule has 0 aliphatic heterocycles. The second kappa shape index (κ2) is 4.75. The van der Waals surface area contributed by atoms with Crippen LogP contribution >= 0.6 is 34.8 Å². The first-order valence-corrected chi connectivity index (χ1v) is 4.66. The molecular weight excluding hydrogens is 230 g/mol. The third-order valence-electron chi connectivity index (χ3n) is 1.33. The molecule has 0 aliphatic carbocycles. The average molecular weight is 238 g/mol. The molecule has 0 aliphatic rings. The third kappa shape index (κ3) is 2.80. The van der Waals surface area contributed by atoms with Gasteiger partial charge < -0.3 is 4.74 Å². The van der Waals surface area contributed by atoms with Crippen LogP contribution in [0.25, 0.3) is 0 Å². The second-order valence-corrected chi connectivity index (χ2v) is 3.52. The lowest BCUT2D eigenvalue weighted by atomic mass is 10.3. The summed E-state index contributed by atoms with van der Waals surface area (Å²) in [5.74, 6) is 0.510. The molecule has 0 atom stereocenters. The molecule has 0 amide bonds. The van der Waals surface area contributed by atoms with Crippen LogP contribution in [0.2, 0.25) is 15.1 Å². The average Bonchev–Trinajstić information content (AvgIpc) is 2.09. The maximum atomic E-state index is 5.83. The first kappa shape index (κ1) is 10.7.